The maximum Gasteiger partial charge on any atom is 0.245 e. The highest BCUT2D eigenvalue weighted by Crippen LogP contribution is 2.05. The van der Waals surface area contributed by atoms with Crippen molar-refractivity contribution in [2.45, 2.75) is 12.6 Å². The van der Waals surface area contributed by atoms with E-state index in [1.807, 2.05) is 6.07 Å². The molecule has 0 bridgehead atoms. The number of hydrogen-bond donors (Lipinski definition) is 2. The fourth-order valence-electron chi connectivity index (χ4n) is 1.25. The summed E-state index contributed by atoms with van der Waals surface area (Å²) in [7, 11) is 0. The van der Waals surface area contributed by atoms with Crippen molar-refractivity contribution >= 4 is 11.7 Å². The molecule has 2 heterocycles. The van der Waals surface area contributed by atoms with E-state index in [1.54, 1.807) is 6.20 Å². The standard InChI is InChI=1S/C10H13N5O2S/c16-9(6-17-10-5-14-18-15-10)4-12-3-8-1-2-11-7-13-8/h1-2,5,7,9,12,16H,3-4,6H2. The Morgan fingerprint density at radius 3 is 3.17 bits per heavy atom. The Kier molecular flexibility index (Phi) is 4.94. The van der Waals surface area contributed by atoms with E-state index in [4.69, 9.17) is 4.74 Å². The first-order chi connectivity index (χ1) is 8.84. The van der Waals surface area contributed by atoms with Gasteiger partial charge in [-0.05, 0) is 6.07 Å². The van der Waals surface area contributed by atoms with Gasteiger partial charge in [0.1, 0.15) is 25.2 Å². The van der Waals surface area contributed by atoms with Crippen LogP contribution in [0.25, 0.3) is 0 Å². The molecule has 0 aromatic carbocycles. The molecule has 96 valence electrons. The fraction of sp³-hybridized carbons (Fsp3) is 0.400. The second kappa shape index (κ2) is 6.94. The summed E-state index contributed by atoms with van der Waals surface area (Å²) in [6.45, 7) is 1.18. The smallest absolute Gasteiger partial charge is 0.245 e. The lowest BCUT2D eigenvalue weighted by Gasteiger charge is -2.11. The zero-order chi connectivity index (χ0) is 12.6. The fourth-order valence-corrected chi connectivity index (χ4v) is 1.61. The maximum atomic E-state index is 9.66. The summed E-state index contributed by atoms with van der Waals surface area (Å²) < 4.78 is 12.9. The Bertz CT molecular complexity index is 439. The van der Waals surface area contributed by atoms with Crippen molar-refractivity contribution in [1.29, 1.82) is 0 Å². The monoisotopic (exact) mass is 267 g/mol. The number of ether oxygens (including phenoxy) is 1. The number of aromatic nitrogens is 4. The van der Waals surface area contributed by atoms with Crippen LogP contribution < -0.4 is 10.1 Å². The van der Waals surface area contributed by atoms with Crippen LogP contribution in [-0.4, -0.2) is 43.1 Å². The zero-order valence-electron chi connectivity index (χ0n) is 9.56. The van der Waals surface area contributed by atoms with Crippen LogP contribution in [-0.2, 0) is 6.54 Å². The quantitative estimate of drug-likeness (QED) is 0.721. The maximum absolute atomic E-state index is 9.66. The molecule has 8 heteroatoms. The molecule has 2 N–H and O–H groups in total. The van der Waals surface area contributed by atoms with Crippen molar-refractivity contribution in [3.8, 4) is 5.88 Å². The van der Waals surface area contributed by atoms with E-state index in [-0.39, 0.29) is 6.61 Å². The molecule has 1 unspecified atom stereocenters. The van der Waals surface area contributed by atoms with E-state index >= 15 is 0 Å². The van der Waals surface area contributed by atoms with Crippen molar-refractivity contribution in [2.75, 3.05) is 13.2 Å². The Labute approximate surface area is 108 Å². The van der Waals surface area contributed by atoms with E-state index < -0.39 is 6.10 Å². The van der Waals surface area contributed by atoms with Crippen LogP contribution in [0.3, 0.4) is 0 Å². The van der Waals surface area contributed by atoms with Gasteiger partial charge in [0, 0.05) is 19.3 Å². The van der Waals surface area contributed by atoms with Gasteiger partial charge in [0.15, 0.2) is 0 Å². The van der Waals surface area contributed by atoms with Crippen LogP contribution in [0.4, 0.5) is 0 Å². The van der Waals surface area contributed by atoms with Gasteiger partial charge in [-0.15, -0.1) is 4.37 Å². The molecule has 7 nitrogen and oxygen atoms in total. The van der Waals surface area contributed by atoms with E-state index in [9.17, 15) is 5.11 Å². The lowest BCUT2D eigenvalue weighted by atomic mass is 10.3. The second-order valence-corrected chi connectivity index (χ2v) is 4.10. The third-order valence-electron chi connectivity index (χ3n) is 2.09. The Hall–Kier alpha value is -1.64. The number of hydrogen-bond acceptors (Lipinski definition) is 8. The number of rotatable bonds is 7. The third-order valence-corrected chi connectivity index (χ3v) is 2.56. The van der Waals surface area contributed by atoms with Crippen molar-refractivity contribution in [2.24, 2.45) is 0 Å². The van der Waals surface area contributed by atoms with Gasteiger partial charge in [-0.2, -0.15) is 4.37 Å². The lowest BCUT2D eigenvalue weighted by molar-refractivity contribution is 0.104. The van der Waals surface area contributed by atoms with Crippen molar-refractivity contribution < 1.29 is 9.84 Å². The topological polar surface area (TPSA) is 93.0 Å². The van der Waals surface area contributed by atoms with Crippen molar-refractivity contribution in [3.63, 3.8) is 0 Å². The van der Waals surface area contributed by atoms with Gasteiger partial charge < -0.3 is 15.2 Å². The minimum atomic E-state index is -0.603. The third kappa shape index (κ3) is 4.32. The molecule has 2 aromatic rings. The summed E-state index contributed by atoms with van der Waals surface area (Å²) in [4.78, 5) is 7.89. The van der Waals surface area contributed by atoms with Crippen LogP contribution >= 0.6 is 11.7 Å². The molecule has 0 radical (unpaired) electrons. The summed E-state index contributed by atoms with van der Waals surface area (Å²) in [6, 6.07) is 1.82. The lowest BCUT2D eigenvalue weighted by Crippen LogP contribution is -2.31. The SMILES string of the molecule is OC(CNCc1ccncn1)COc1cnsn1. The average molecular weight is 267 g/mol. The van der Waals surface area contributed by atoms with E-state index in [2.05, 4.69) is 24.0 Å². The van der Waals surface area contributed by atoms with Crippen LogP contribution in [0.5, 0.6) is 5.88 Å². The molecule has 0 saturated heterocycles. The van der Waals surface area contributed by atoms with Gasteiger partial charge in [0.05, 0.1) is 17.4 Å². The largest absolute Gasteiger partial charge is 0.473 e. The Balaban J connectivity index is 1.61. The molecule has 0 saturated carbocycles. The van der Waals surface area contributed by atoms with E-state index in [0.717, 1.165) is 17.4 Å². The molecular formula is C10H13N5O2S. The highest BCUT2D eigenvalue weighted by Gasteiger charge is 2.06. The van der Waals surface area contributed by atoms with Crippen molar-refractivity contribution in [3.05, 3.63) is 30.5 Å². The van der Waals surface area contributed by atoms with Gasteiger partial charge in [-0.3, -0.25) is 0 Å². The summed E-state index contributed by atoms with van der Waals surface area (Å²) in [5.74, 6) is 0.440. The highest BCUT2D eigenvalue weighted by atomic mass is 32.1. The molecule has 0 amide bonds. The average Bonchev–Trinajstić information content (AvgIpc) is 2.91. The van der Waals surface area contributed by atoms with Crippen LogP contribution in [0.1, 0.15) is 5.69 Å². The normalized spacial score (nSPS) is 12.3. The molecule has 0 aliphatic rings. The number of aliphatic hydroxyl groups is 1. The van der Waals surface area contributed by atoms with Gasteiger partial charge in [0.2, 0.25) is 5.88 Å². The Morgan fingerprint density at radius 2 is 2.44 bits per heavy atom. The number of aliphatic hydroxyl groups excluding tert-OH is 1. The molecular weight excluding hydrogens is 254 g/mol. The van der Waals surface area contributed by atoms with Crippen LogP contribution in [0.2, 0.25) is 0 Å². The van der Waals surface area contributed by atoms with Gasteiger partial charge in [-0.25, -0.2) is 9.97 Å². The summed E-state index contributed by atoms with van der Waals surface area (Å²) in [5, 5.41) is 12.7. The van der Waals surface area contributed by atoms with Crippen molar-refractivity contribution in [1.82, 2.24) is 24.0 Å². The predicted octanol–water partition coefficient (Wildman–Crippen LogP) is -0.142. The predicted molar refractivity (Wildman–Crippen MR) is 65.1 cm³/mol. The van der Waals surface area contributed by atoms with E-state index in [1.165, 1.54) is 12.5 Å². The van der Waals surface area contributed by atoms with Gasteiger partial charge in [-0.1, -0.05) is 0 Å². The van der Waals surface area contributed by atoms with Crippen LogP contribution in [0, 0.1) is 0 Å². The highest BCUT2D eigenvalue weighted by molar-refractivity contribution is 6.99. The minimum Gasteiger partial charge on any atom is -0.473 e. The first kappa shape index (κ1) is 12.8. The molecule has 0 aliphatic heterocycles. The minimum absolute atomic E-state index is 0.183. The summed E-state index contributed by atoms with van der Waals surface area (Å²) in [5.41, 5.74) is 0.877. The van der Waals surface area contributed by atoms with Crippen LogP contribution in [0.15, 0.2) is 24.8 Å². The Morgan fingerprint density at radius 1 is 1.50 bits per heavy atom. The first-order valence-corrected chi connectivity index (χ1v) is 6.11. The second-order valence-electron chi connectivity index (χ2n) is 3.54. The molecule has 1 atom stereocenters. The molecule has 2 aromatic heterocycles. The molecule has 0 fully saturated rings. The van der Waals surface area contributed by atoms with E-state index in [0.29, 0.717) is 19.0 Å². The van der Waals surface area contributed by atoms with Gasteiger partial charge in [0.25, 0.3) is 0 Å². The molecule has 18 heavy (non-hydrogen) atoms. The molecule has 0 aliphatic carbocycles. The summed E-state index contributed by atoms with van der Waals surface area (Å²) in [6.07, 6.45) is 4.09. The molecule has 2 rings (SSSR count). The van der Waals surface area contributed by atoms with Gasteiger partial charge >= 0.3 is 0 Å². The molecule has 0 spiro atoms. The zero-order valence-corrected chi connectivity index (χ0v) is 10.4. The summed E-state index contributed by atoms with van der Waals surface area (Å²) >= 11 is 1.07. The number of nitrogens with zero attached hydrogens (tertiary/aromatic N) is 4. The number of nitrogens with one attached hydrogen (secondary N) is 1. The first-order valence-electron chi connectivity index (χ1n) is 5.38.